The minimum absolute atomic E-state index is 0.00109. The Labute approximate surface area is 166 Å². The molecule has 0 radical (unpaired) electrons. The Bertz CT molecular complexity index is 764. The predicted octanol–water partition coefficient (Wildman–Crippen LogP) is 2.85. The molecule has 1 saturated heterocycles. The predicted molar refractivity (Wildman–Crippen MR) is 107 cm³/mol. The molecule has 1 unspecified atom stereocenters. The molecule has 2 amide bonds. The summed E-state index contributed by atoms with van der Waals surface area (Å²) in [7, 11) is 3.13. The summed E-state index contributed by atoms with van der Waals surface area (Å²) in [6, 6.07) is 5.54. The first-order chi connectivity index (χ1) is 13.6. The van der Waals surface area contributed by atoms with Crippen LogP contribution in [0, 0.1) is 18.3 Å². The molecule has 2 aliphatic rings. The lowest BCUT2D eigenvalue weighted by atomic mass is 9.93. The normalized spacial score (nSPS) is 20.0. The molecule has 1 aliphatic carbocycles. The second-order valence-electron chi connectivity index (χ2n) is 7.41. The van der Waals surface area contributed by atoms with Crippen molar-refractivity contribution < 1.29 is 19.1 Å². The quantitative estimate of drug-likeness (QED) is 0.708. The number of carbonyl (C=O) groups excluding carboxylic acids is 2. The molecule has 0 spiro atoms. The summed E-state index contributed by atoms with van der Waals surface area (Å²) in [6.45, 7) is 0.672. The number of amides is 2. The van der Waals surface area contributed by atoms with Crippen molar-refractivity contribution in [3.05, 3.63) is 18.2 Å². The Balaban J connectivity index is 1.75. The highest BCUT2D eigenvalue weighted by molar-refractivity contribution is 6.00. The number of methoxy groups -OCH3 is 2. The third-order valence-corrected chi connectivity index (χ3v) is 5.71. The van der Waals surface area contributed by atoms with E-state index in [1.54, 1.807) is 31.3 Å². The Morgan fingerprint density at radius 2 is 1.93 bits per heavy atom. The van der Waals surface area contributed by atoms with Gasteiger partial charge < -0.3 is 19.3 Å². The van der Waals surface area contributed by atoms with Crippen LogP contribution in [-0.4, -0.2) is 50.1 Å². The van der Waals surface area contributed by atoms with Crippen LogP contribution < -0.4 is 14.4 Å². The van der Waals surface area contributed by atoms with Gasteiger partial charge in [0.25, 0.3) is 0 Å². The van der Waals surface area contributed by atoms with Crippen LogP contribution in [0.3, 0.4) is 0 Å². The van der Waals surface area contributed by atoms with E-state index in [4.69, 9.17) is 15.9 Å². The zero-order valence-electron chi connectivity index (χ0n) is 16.6. The van der Waals surface area contributed by atoms with Crippen LogP contribution >= 0.6 is 0 Å². The molecule has 1 aliphatic heterocycles. The van der Waals surface area contributed by atoms with Crippen LogP contribution in [0.15, 0.2) is 18.2 Å². The first-order valence-corrected chi connectivity index (χ1v) is 9.85. The van der Waals surface area contributed by atoms with Crippen LogP contribution in [-0.2, 0) is 9.59 Å². The first-order valence-electron chi connectivity index (χ1n) is 9.85. The van der Waals surface area contributed by atoms with Gasteiger partial charge in [-0.15, -0.1) is 6.42 Å². The van der Waals surface area contributed by atoms with Gasteiger partial charge in [-0.2, -0.15) is 0 Å². The van der Waals surface area contributed by atoms with E-state index in [2.05, 4.69) is 5.92 Å². The summed E-state index contributed by atoms with van der Waals surface area (Å²) in [4.78, 5) is 29.3. The van der Waals surface area contributed by atoms with E-state index in [1.165, 1.54) is 6.42 Å². The van der Waals surface area contributed by atoms with Gasteiger partial charge in [-0.25, -0.2) is 0 Å². The number of nitrogens with zero attached hydrogens (tertiary/aromatic N) is 2. The Hall–Kier alpha value is -2.68. The number of hydrogen-bond donors (Lipinski definition) is 0. The van der Waals surface area contributed by atoms with Crippen molar-refractivity contribution in [1.82, 2.24) is 4.90 Å². The van der Waals surface area contributed by atoms with Gasteiger partial charge in [0.2, 0.25) is 11.8 Å². The van der Waals surface area contributed by atoms with Crippen molar-refractivity contribution >= 4 is 17.5 Å². The number of benzene rings is 1. The van der Waals surface area contributed by atoms with Crippen LogP contribution in [0.25, 0.3) is 0 Å². The van der Waals surface area contributed by atoms with Gasteiger partial charge in [0.15, 0.2) is 11.5 Å². The zero-order chi connectivity index (χ0) is 20.1. The maximum absolute atomic E-state index is 13.2. The number of hydrogen-bond acceptors (Lipinski definition) is 4. The SMILES string of the molecule is C#CCN(C(=O)C1CC(=O)N(c2ccc(OC)c(OC)c2)C1)C1CCCCC1. The summed E-state index contributed by atoms with van der Waals surface area (Å²) in [6.07, 6.45) is 11.2. The Morgan fingerprint density at radius 1 is 1.21 bits per heavy atom. The number of anilines is 1. The molecule has 6 heteroatoms. The third-order valence-electron chi connectivity index (χ3n) is 5.71. The highest BCUT2D eigenvalue weighted by Crippen LogP contribution is 2.35. The zero-order valence-corrected chi connectivity index (χ0v) is 16.6. The van der Waals surface area contributed by atoms with Gasteiger partial charge in [0.05, 0.1) is 26.7 Å². The summed E-state index contributed by atoms with van der Waals surface area (Å²) in [5.41, 5.74) is 0.708. The van der Waals surface area contributed by atoms with Crippen molar-refractivity contribution in [3.8, 4) is 23.8 Å². The summed E-state index contributed by atoms with van der Waals surface area (Å²) in [5.74, 6) is 3.36. The van der Waals surface area contributed by atoms with E-state index >= 15 is 0 Å². The summed E-state index contributed by atoms with van der Waals surface area (Å²) < 4.78 is 10.6. The maximum atomic E-state index is 13.2. The molecular weight excluding hydrogens is 356 g/mol. The minimum Gasteiger partial charge on any atom is -0.493 e. The molecule has 150 valence electrons. The molecule has 28 heavy (non-hydrogen) atoms. The average Bonchev–Trinajstić information content (AvgIpc) is 3.13. The van der Waals surface area contributed by atoms with Crippen molar-refractivity contribution in [1.29, 1.82) is 0 Å². The van der Waals surface area contributed by atoms with E-state index in [-0.39, 0.29) is 30.2 Å². The first kappa shape index (κ1) is 20.1. The second kappa shape index (κ2) is 9.01. The molecule has 1 aromatic rings. The van der Waals surface area contributed by atoms with E-state index in [0.717, 1.165) is 25.7 Å². The fourth-order valence-electron chi connectivity index (χ4n) is 4.23. The van der Waals surface area contributed by atoms with E-state index in [1.807, 2.05) is 11.0 Å². The molecule has 6 nitrogen and oxygen atoms in total. The molecule has 1 saturated carbocycles. The van der Waals surface area contributed by atoms with Gasteiger partial charge in [-0.1, -0.05) is 25.2 Å². The number of carbonyl (C=O) groups is 2. The lowest BCUT2D eigenvalue weighted by Crippen LogP contribution is -2.45. The third kappa shape index (κ3) is 4.09. The molecule has 2 fully saturated rings. The van der Waals surface area contributed by atoms with Crippen molar-refractivity contribution in [2.24, 2.45) is 5.92 Å². The molecule has 1 atom stereocenters. The molecule has 1 aromatic carbocycles. The van der Waals surface area contributed by atoms with Crippen LogP contribution in [0.2, 0.25) is 0 Å². The van der Waals surface area contributed by atoms with E-state index < -0.39 is 0 Å². The Morgan fingerprint density at radius 3 is 2.57 bits per heavy atom. The van der Waals surface area contributed by atoms with E-state index in [0.29, 0.717) is 30.3 Å². The van der Waals surface area contributed by atoms with Gasteiger partial charge in [0.1, 0.15) is 0 Å². The van der Waals surface area contributed by atoms with Crippen LogP contribution in [0.4, 0.5) is 5.69 Å². The number of ether oxygens (including phenoxy) is 2. The lowest BCUT2D eigenvalue weighted by molar-refractivity contribution is -0.138. The molecule has 1 heterocycles. The summed E-state index contributed by atoms with van der Waals surface area (Å²) >= 11 is 0. The van der Waals surface area contributed by atoms with Crippen LogP contribution in [0.1, 0.15) is 38.5 Å². The van der Waals surface area contributed by atoms with Gasteiger partial charge in [-0.3, -0.25) is 9.59 Å². The number of rotatable bonds is 6. The van der Waals surface area contributed by atoms with Crippen LogP contribution in [0.5, 0.6) is 11.5 Å². The van der Waals surface area contributed by atoms with Gasteiger partial charge in [-0.05, 0) is 25.0 Å². The highest BCUT2D eigenvalue weighted by atomic mass is 16.5. The highest BCUT2D eigenvalue weighted by Gasteiger charge is 2.39. The molecular formula is C22H28N2O4. The smallest absolute Gasteiger partial charge is 0.229 e. The van der Waals surface area contributed by atoms with Gasteiger partial charge >= 0.3 is 0 Å². The minimum atomic E-state index is -0.365. The monoisotopic (exact) mass is 384 g/mol. The fraction of sp³-hybridized carbons (Fsp3) is 0.545. The standard InChI is InChI=1S/C22H28N2O4/c1-4-12-23(17-8-6-5-7-9-17)22(26)16-13-21(25)24(15-16)18-10-11-19(27-2)20(14-18)28-3/h1,10-11,14,16-17H,5-9,12-13,15H2,2-3H3. The van der Waals surface area contributed by atoms with Crippen molar-refractivity contribution in [2.45, 2.75) is 44.6 Å². The fourth-order valence-corrected chi connectivity index (χ4v) is 4.23. The van der Waals surface area contributed by atoms with Gasteiger partial charge in [0, 0.05) is 30.8 Å². The van der Waals surface area contributed by atoms with Crippen molar-refractivity contribution in [2.75, 3.05) is 32.2 Å². The average molecular weight is 384 g/mol. The summed E-state index contributed by atoms with van der Waals surface area (Å²) in [5, 5.41) is 0. The van der Waals surface area contributed by atoms with E-state index in [9.17, 15) is 9.59 Å². The van der Waals surface area contributed by atoms with Crippen molar-refractivity contribution in [3.63, 3.8) is 0 Å². The molecule has 0 bridgehead atoms. The second-order valence-corrected chi connectivity index (χ2v) is 7.41. The molecule has 0 N–H and O–H groups in total. The maximum Gasteiger partial charge on any atom is 0.229 e. The Kier molecular flexibility index (Phi) is 6.45. The largest absolute Gasteiger partial charge is 0.493 e. The lowest BCUT2D eigenvalue weighted by Gasteiger charge is -2.34. The molecule has 0 aromatic heterocycles. The molecule has 3 rings (SSSR count). The topological polar surface area (TPSA) is 59.1 Å². The number of terminal acetylenes is 1.